The van der Waals surface area contributed by atoms with Crippen LogP contribution in [0.15, 0.2) is 24.5 Å². The van der Waals surface area contributed by atoms with Gasteiger partial charge < -0.3 is 19.9 Å². The average molecular weight is 333 g/mol. The van der Waals surface area contributed by atoms with Gasteiger partial charge in [0.25, 0.3) is 0 Å². The highest BCUT2D eigenvalue weighted by Gasteiger charge is 2.33. The molecule has 2 fully saturated rings. The summed E-state index contributed by atoms with van der Waals surface area (Å²) < 4.78 is 1.93. The molecule has 2 heterocycles. The SMILES string of the molecule is CC(C(=O)NC1CCN(CC2(O)CCCCC2)CC1)n1cccc1. The Labute approximate surface area is 145 Å². The number of likely N-dealkylation sites (tertiary alicyclic amines) is 1. The van der Waals surface area contributed by atoms with Crippen molar-refractivity contribution in [2.24, 2.45) is 0 Å². The van der Waals surface area contributed by atoms with Crippen LogP contribution in [-0.4, -0.2) is 51.8 Å². The first kappa shape index (κ1) is 17.5. The zero-order valence-corrected chi connectivity index (χ0v) is 14.8. The molecule has 0 spiro atoms. The van der Waals surface area contributed by atoms with Gasteiger partial charge in [-0.15, -0.1) is 0 Å². The number of hydrogen-bond acceptors (Lipinski definition) is 3. The maximum atomic E-state index is 12.4. The van der Waals surface area contributed by atoms with Crippen molar-refractivity contribution in [2.75, 3.05) is 19.6 Å². The highest BCUT2D eigenvalue weighted by molar-refractivity contribution is 5.80. The zero-order chi connectivity index (χ0) is 17.0. The zero-order valence-electron chi connectivity index (χ0n) is 14.8. The lowest BCUT2D eigenvalue weighted by Crippen LogP contribution is -2.51. The van der Waals surface area contributed by atoms with Crippen molar-refractivity contribution in [2.45, 2.75) is 69.6 Å². The van der Waals surface area contributed by atoms with Gasteiger partial charge in [-0.1, -0.05) is 19.3 Å². The van der Waals surface area contributed by atoms with Crippen LogP contribution in [0.3, 0.4) is 0 Å². The maximum Gasteiger partial charge on any atom is 0.242 e. The van der Waals surface area contributed by atoms with Crippen molar-refractivity contribution < 1.29 is 9.90 Å². The summed E-state index contributed by atoms with van der Waals surface area (Å²) >= 11 is 0. The number of rotatable bonds is 5. The summed E-state index contributed by atoms with van der Waals surface area (Å²) in [5, 5.41) is 13.9. The van der Waals surface area contributed by atoms with E-state index in [-0.39, 0.29) is 18.0 Å². The number of carbonyl (C=O) groups is 1. The standard InChI is InChI=1S/C19H31N3O2/c1-16(22-11-5-6-12-22)18(23)20-17-7-13-21(14-8-17)15-19(24)9-3-2-4-10-19/h5-6,11-12,16-17,24H,2-4,7-10,13-15H2,1H3,(H,20,23). The van der Waals surface area contributed by atoms with Crippen molar-refractivity contribution in [3.8, 4) is 0 Å². The van der Waals surface area contributed by atoms with Crippen molar-refractivity contribution in [3.05, 3.63) is 24.5 Å². The van der Waals surface area contributed by atoms with Crippen LogP contribution in [0.2, 0.25) is 0 Å². The van der Waals surface area contributed by atoms with Gasteiger partial charge >= 0.3 is 0 Å². The Balaban J connectivity index is 1.42. The molecule has 0 bridgehead atoms. The third-order valence-corrected chi connectivity index (χ3v) is 5.69. The summed E-state index contributed by atoms with van der Waals surface area (Å²) in [7, 11) is 0. The Bertz CT molecular complexity index is 515. The second-order valence-electron chi connectivity index (χ2n) is 7.65. The van der Waals surface area contributed by atoms with E-state index in [0.717, 1.165) is 58.2 Å². The van der Waals surface area contributed by atoms with Gasteiger partial charge in [0.1, 0.15) is 6.04 Å². The molecule has 1 amide bonds. The van der Waals surface area contributed by atoms with Crippen LogP contribution in [0.25, 0.3) is 0 Å². The molecular weight excluding hydrogens is 302 g/mol. The maximum absolute atomic E-state index is 12.4. The highest BCUT2D eigenvalue weighted by atomic mass is 16.3. The van der Waals surface area contributed by atoms with E-state index in [1.807, 2.05) is 36.0 Å². The number of piperidine rings is 1. The molecule has 1 unspecified atom stereocenters. The topological polar surface area (TPSA) is 57.5 Å². The van der Waals surface area contributed by atoms with E-state index >= 15 is 0 Å². The molecule has 1 saturated carbocycles. The molecule has 1 aromatic rings. The first-order valence-corrected chi connectivity index (χ1v) is 9.43. The molecule has 1 aromatic heterocycles. The Morgan fingerprint density at radius 2 is 1.83 bits per heavy atom. The predicted octanol–water partition coefficient (Wildman–Crippen LogP) is 2.32. The number of nitrogens with one attached hydrogen (secondary N) is 1. The van der Waals surface area contributed by atoms with Crippen LogP contribution >= 0.6 is 0 Å². The monoisotopic (exact) mass is 333 g/mol. The normalized spacial score (nSPS) is 23.8. The minimum atomic E-state index is -0.475. The third-order valence-electron chi connectivity index (χ3n) is 5.69. The van der Waals surface area contributed by atoms with Crippen molar-refractivity contribution in [1.29, 1.82) is 0 Å². The molecule has 3 rings (SSSR count). The number of aliphatic hydroxyl groups is 1. The number of aromatic nitrogens is 1. The molecule has 24 heavy (non-hydrogen) atoms. The summed E-state index contributed by atoms with van der Waals surface area (Å²) in [4.78, 5) is 14.8. The number of nitrogens with zero attached hydrogens (tertiary/aromatic N) is 2. The summed E-state index contributed by atoms with van der Waals surface area (Å²) in [5.41, 5.74) is -0.475. The molecule has 134 valence electrons. The second-order valence-corrected chi connectivity index (χ2v) is 7.65. The van der Waals surface area contributed by atoms with E-state index in [0.29, 0.717) is 0 Å². The second kappa shape index (κ2) is 7.70. The van der Waals surface area contributed by atoms with E-state index < -0.39 is 5.60 Å². The summed E-state index contributed by atoms with van der Waals surface area (Å²) in [6.45, 7) is 4.66. The van der Waals surface area contributed by atoms with Crippen LogP contribution in [0.5, 0.6) is 0 Å². The Hall–Kier alpha value is -1.33. The van der Waals surface area contributed by atoms with E-state index in [1.54, 1.807) is 0 Å². The first-order chi connectivity index (χ1) is 11.6. The summed E-state index contributed by atoms with van der Waals surface area (Å²) in [6, 6.07) is 3.98. The fraction of sp³-hybridized carbons (Fsp3) is 0.737. The molecule has 5 nitrogen and oxygen atoms in total. The van der Waals surface area contributed by atoms with Crippen LogP contribution in [0, 0.1) is 0 Å². The largest absolute Gasteiger partial charge is 0.389 e. The van der Waals surface area contributed by atoms with Gasteiger partial charge in [0.15, 0.2) is 0 Å². The lowest BCUT2D eigenvalue weighted by Gasteiger charge is -2.40. The molecule has 0 radical (unpaired) electrons. The van der Waals surface area contributed by atoms with Gasteiger partial charge in [-0.3, -0.25) is 4.79 Å². The minimum Gasteiger partial charge on any atom is -0.389 e. The Morgan fingerprint density at radius 1 is 1.21 bits per heavy atom. The molecule has 2 N–H and O–H groups in total. The van der Waals surface area contributed by atoms with E-state index in [9.17, 15) is 9.90 Å². The quantitative estimate of drug-likeness (QED) is 0.869. The van der Waals surface area contributed by atoms with E-state index in [1.165, 1.54) is 6.42 Å². The molecule has 2 aliphatic rings. The van der Waals surface area contributed by atoms with Gasteiger partial charge in [0.05, 0.1) is 5.60 Å². The van der Waals surface area contributed by atoms with Gasteiger partial charge in [-0.05, 0) is 44.7 Å². The number of amides is 1. The summed E-state index contributed by atoms with van der Waals surface area (Å²) in [5.74, 6) is 0.0931. The molecule has 1 saturated heterocycles. The molecule has 1 atom stereocenters. The number of hydrogen-bond donors (Lipinski definition) is 2. The van der Waals surface area contributed by atoms with Gasteiger partial charge in [0, 0.05) is 38.1 Å². The van der Waals surface area contributed by atoms with Crippen LogP contribution < -0.4 is 5.32 Å². The van der Waals surface area contributed by atoms with Gasteiger partial charge in [0.2, 0.25) is 5.91 Å². The fourth-order valence-electron chi connectivity index (χ4n) is 4.08. The van der Waals surface area contributed by atoms with Gasteiger partial charge in [-0.2, -0.15) is 0 Å². The number of carbonyl (C=O) groups excluding carboxylic acids is 1. The molecule has 0 aromatic carbocycles. The minimum absolute atomic E-state index is 0.0931. The van der Waals surface area contributed by atoms with Crippen molar-refractivity contribution in [1.82, 2.24) is 14.8 Å². The molecule has 5 heteroatoms. The van der Waals surface area contributed by atoms with Crippen LogP contribution in [-0.2, 0) is 4.79 Å². The first-order valence-electron chi connectivity index (χ1n) is 9.43. The molecule has 1 aliphatic carbocycles. The molecule has 1 aliphatic heterocycles. The fourth-order valence-corrected chi connectivity index (χ4v) is 4.08. The summed E-state index contributed by atoms with van der Waals surface area (Å²) in [6.07, 6.45) is 11.3. The van der Waals surface area contributed by atoms with Gasteiger partial charge in [-0.25, -0.2) is 0 Å². The van der Waals surface area contributed by atoms with Crippen molar-refractivity contribution in [3.63, 3.8) is 0 Å². The average Bonchev–Trinajstić information content (AvgIpc) is 3.11. The highest BCUT2D eigenvalue weighted by Crippen LogP contribution is 2.29. The Kier molecular flexibility index (Phi) is 5.61. The number of β-amino-alcohol motifs (C(OH)–C–C–N with tert-alkyl or cyclic N) is 1. The van der Waals surface area contributed by atoms with Crippen LogP contribution in [0.1, 0.15) is 57.9 Å². The van der Waals surface area contributed by atoms with Crippen molar-refractivity contribution >= 4 is 5.91 Å². The third kappa shape index (κ3) is 4.39. The molecular formula is C19H31N3O2. The Morgan fingerprint density at radius 3 is 2.46 bits per heavy atom. The van der Waals surface area contributed by atoms with E-state index in [2.05, 4.69) is 10.2 Å². The lowest BCUT2D eigenvalue weighted by atomic mass is 9.84. The van der Waals surface area contributed by atoms with E-state index in [4.69, 9.17) is 0 Å². The smallest absolute Gasteiger partial charge is 0.242 e. The van der Waals surface area contributed by atoms with Crippen LogP contribution in [0.4, 0.5) is 0 Å². The lowest BCUT2D eigenvalue weighted by molar-refractivity contribution is -0.125. The predicted molar refractivity (Wildman–Crippen MR) is 94.8 cm³/mol.